The summed E-state index contributed by atoms with van der Waals surface area (Å²) in [5.74, 6) is 0. The second-order valence-corrected chi connectivity index (χ2v) is 4.76. The average Bonchev–Trinajstić information content (AvgIpc) is 2.30. The van der Waals surface area contributed by atoms with Crippen molar-refractivity contribution < 1.29 is 8.42 Å². The number of hydrogen-bond donors (Lipinski definition) is 2. The second kappa shape index (κ2) is 5.32. The molecule has 1 aromatic rings. The summed E-state index contributed by atoms with van der Waals surface area (Å²) >= 11 is 0. The number of hydrogen-bond acceptors (Lipinski definition) is 3. The molecule has 0 spiro atoms. The van der Waals surface area contributed by atoms with E-state index in [0.717, 1.165) is 25.9 Å². The molecule has 4 nitrogen and oxygen atoms in total. The predicted molar refractivity (Wildman–Crippen MR) is 65.1 cm³/mol. The van der Waals surface area contributed by atoms with Gasteiger partial charge < -0.3 is 4.90 Å². The highest BCUT2D eigenvalue weighted by Gasteiger charge is 2.19. The van der Waals surface area contributed by atoms with Gasteiger partial charge >= 0.3 is 0 Å². The van der Waals surface area contributed by atoms with Crippen molar-refractivity contribution in [2.75, 3.05) is 18.0 Å². The number of nitrogens with zero attached hydrogens (tertiary/aromatic N) is 1. The van der Waals surface area contributed by atoms with E-state index in [-0.39, 0.29) is 6.04 Å². The highest BCUT2D eigenvalue weighted by atomic mass is 32.2. The largest absolute Gasteiger partial charge is 0.371 e. The van der Waals surface area contributed by atoms with E-state index in [1.54, 1.807) is 0 Å². The molecule has 1 saturated heterocycles. The summed E-state index contributed by atoms with van der Waals surface area (Å²) in [6.07, 6.45) is 1.75. The summed E-state index contributed by atoms with van der Waals surface area (Å²) in [6, 6.07) is 10.3. The van der Waals surface area contributed by atoms with Crippen molar-refractivity contribution in [1.29, 1.82) is 0 Å². The Bertz CT molecular complexity index is 390. The monoisotopic (exact) mass is 240 g/mol. The van der Waals surface area contributed by atoms with Gasteiger partial charge in [0.05, 0.1) is 0 Å². The van der Waals surface area contributed by atoms with Gasteiger partial charge in [-0.3, -0.25) is 0 Å². The fourth-order valence-corrected chi connectivity index (χ4v) is 2.61. The molecule has 0 aliphatic carbocycles. The molecule has 2 rings (SSSR count). The fourth-order valence-electron chi connectivity index (χ4n) is 2.05. The van der Waals surface area contributed by atoms with Gasteiger partial charge in [-0.05, 0) is 25.0 Å². The van der Waals surface area contributed by atoms with Crippen LogP contribution < -0.4 is 9.62 Å². The van der Waals surface area contributed by atoms with Crippen molar-refractivity contribution in [2.45, 2.75) is 18.9 Å². The maximum absolute atomic E-state index is 10.5. The van der Waals surface area contributed by atoms with E-state index in [0.29, 0.717) is 0 Å². The molecule has 1 fully saturated rings. The van der Waals surface area contributed by atoms with Gasteiger partial charge in [0.2, 0.25) is 10.9 Å². The number of rotatable bonds is 3. The van der Waals surface area contributed by atoms with Gasteiger partial charge in [0, 0.05) is 24.8 Å². The first-order valence-electron chi connectivity index (χ1n) is 5.46. The minimum absolute atomic E-state index is 0.112. The number of anilines is 1. The minimum Gasteiger partial charge on any atom is -0.371 e. The van der Waals surface area contributed by atoms with Crippen LogP contribution in [0.2, 0.25) is 0 Å². The van der Waals surface area contributed by atoms with Crippen LogP contribution in [-0.4, -0.2) is 27.5 Å². The van der Waals surface area contributed by atoms with Gasteiger partial charge in [0.15, 0.2) is 0 Å². The number of nitrogens with one attached hydrogen (secondary N) is 1. The smallest absolute Gasteiger partial charge is 0.201 e. The third-order valence-electron chi connectivity index (χ3n) is 2.90. The van der Waals surface area contributed by atoms with Crippen LogP contribution in [0.5, 0.6) is 0 Å². The summed E-state index contributed by atoms with van der Waals surface area (Å²) in [7, 11) is -2.46. The maximum Gasteiger partial charge on any atom is 0.201 e. The Kier molecular flexibility index (Phi) is 3.79. The normalized spacial score (nSPS) is 17.9. The first kappa shape index (κ1) is 11.4. The molecule has 1 N–H and O–H groups in total. The molecule has 1 heterocycles. The lowest BCUT2D eigenvalue weighted by Gasteiger charge is -2.32. The molecule has 1 aliphatic heterocycles. The van der Waals surface area contributed by atoms with Crippen LogP contribution in [-0.2, 0) is 10.9 Å². The molecule has 1 aliphatic rings. The fraction of sp³-hybridized carbons (Fsp3) is 0.455. The topological polar surface area (TPSA) is 49.4 Å². The van der Waals surface area contributed by atoms with Gasteiger partial charge in [-0.15, -0.1) is 0 Å². The number of para-hydroxylation sites is 1. The summed E-state index contributed by atoms with van der Waals surface area (Å²) in [5.41, 5.74) is 1.22. The zero-order valence-electron chi connectivity index (χ0n) is 9.00. The summed E-state index contributed by atoms with van der Waals surface area (Å²) in [5, 5.41) is 0. The maximum atomic E-state index is 10.5. The van der Waals surface area contributed by atoms with E-state index in [1.807, 2.05) is 18.2 Å². The molecule has 0 saturated carbocycles. The molecule has 0 unspecified atom stereocenters. The lowest BCUT2D eigenvalue weighted by Crippen LogP contribution is -2.42. The van der Waals surface area contributed by atoms with E-state index >= 15 is 0 Å². The van der Waals surface area contributed by atoms with Crippen LogP contribution in [0.4, 0.5) is 5.69 Å². The number of benzene rings is 1. The first-order chi connectivity index (χ1) is 7.75. The lowest BCUT2D eigenvalue weighted by atomic mass is 10.1. The molecule has 0 atom stereocenters. The zero-order chi connectivity index (χ0) is 11.4. The number of thiol groups is 1. The van der Waals surface area contributed by atoms with Crippen molar-refractivity contribution >= 4 is 16.6 Å². The Balaban J connectivity index is 1.90. The van der Waals surface area contributed by atoms with E-state index in [9.17, 15) is 8.42 Å². The van der Waals surface area contributed by atoms with E-state index in [2.05, 4.69) is 21.8 Å². The SMILES string of the molecule is O=[SH](=O)NC1CCN(c2ccccc2)CC1. The Labute approximate surface area is 97.4 Å². The number of piperidine rings is 1. The molecule has 5 heteroatoms. The quantitative estimate of drug-likeness (QED) is 0.767. The molecule has 0 aromatic heterocycles. The van der Waals surface area contributed by atoms with Crippen molar-refractivity contribution in [3.8, 4) is 0 Å². The van der Waals surface area contributed by atoms with Crippen molar-refractivity contribution in [2.24, 2.45) is 0 Å². The van der Waals surface area contributed by atoms with E-state index in [4.69, 9.17) is 0 Å². The second-order valence-electron chi connectivity index (χ2n) is 3.98. The molecular formula is C11H16N2O2S. The minimum atomic E-state index is -2.46. The Morgan fingerprint density at radius 2 is 1.75 bits per heavy atom. The predicted octanol–water partition coefficient (Wildman–Crippen LogP) is 0.771. The Hall–Kier alpha value is -1.07. The molecule has 0 radical (unpaired) electrons. The highest BCUT2D eigenvalue weighted by Crippen LogP contribution is 2.19. The van der Waals surface area contributed by atoms with E-state index < -0.39 is 10.9 Å². The lowest BCUT2D eigenvalue weighted by molar-refractivity contribution is 0.466. The van der Waals surface area contributed by atoms with Crippen LogP contribution in [0.15, 0.2) is 30.3 Å². The first-order valence-corrected chi connectivity index (χ1v) is 6.64. The van der Waals surface area contributed by atoms with Crippen molar-refractivity contribution in [3.63, 3.8) is 0 Å². The summed E-state index contributed by atoms with van der Waals surface area (Å²) < 4.78 is 23.6. The van der Waals surface area contributed by atoms with E-state index in [1.165, 1.54) is 5.69 Å². The molecule has 88 valence electrons. The Morgan fingerprint density at radius 1 is 1.12 bits per heavy atom. The molecule has 0 amide bonds. The van der Waals surface area contributed by atoms with Gasteiger partial charge in [-0.25, -0.2) is 13.1 Å². The van der Waals surface area contributed by atoms with Crippen molar-refractivity contribution in [1.82, 2.24) is 4.72 Å². The third-order valence-corrected chi connectivity index (χ3v) is 3.48. The average molecular weight is 240 g/mol. The van der Waals surface area contributed by atoms with Crippen molar-refractivity contribution in [3.05, 3.63) is 30.3 Å². The Morgan fingerprint density at radius 3 is 2.31 bits per heavy atom. The van der Waals surface area contributed by atoms with Gasteiger partial charge in [-0.2, -0.15) is 0 Å². The molecular weight excluding hydrogens is 224 g/mol. The summed E-state index contributed by atoms with van der Waals surface area (Å²) in [6.45, 7) is 1.82. The van der Waals surface area contributed by atoms with Gasteiger partial charge in [0.1, 0.15) is 0 Å². The highest BCUT2D eigenvalue weighted by molar-refractivity contribution is 7.70. The molecule has 1 aromatic carbocycles. The van der Waals surface area contributed by atoms with Crippen LogP contribution in [0, 0.1) is 0 Å². The molecule has 0 bridgehead atoms. The third kappa shape index (κ3) is 2.96. The summed E-state index contributed by atoms with van der Waals surface area (Å²) in [4.78, 5) is 2.29. The molecule has 16 heavy (non-hydrogen) atoms. The van der Waals surface area contributed by atoms with Crippen LogP contribution in [0.3, 0.4) is 0 Å². The zero-order valence-corrected chi connectivity index (χ0v) is 9.90. The van der Waals surface area contributed by atoms with Crippen LogP contribution >= 0.6 is 0 Å². The van der Waals surface area contributed by atoms with Gasteiger partial charge in [-0.1, -0.05) is 18.2 Å². The standard InChI is InChI=1S/C11H16N2O2S/c14-16(15)12-10-6-8-13(9-7-10)11-4-2-1-3-5-11/h1-5,10,16H,6-9H2,(H,12,14,15). The van der Waals surface area contributed by atoms with Gasteiger partial charge in [0.25, 0.3) is 0 Å². The van der Waals surface area contributed by atoms with Crippen LogP contribution in [0.25, 0.3) is 0 Å². The van der Waals surface area contributed by atoms with Crippen LogP contribution in [0.1, 0.15) is 12.8 Å².